The summed E-state index contributed by atoms with van der Waals surface area (Å²) in [5.41, 5.74) is 3.27. The average molecular weight is 278 g/mol. The summed E-state index contributed by atoms with van der Waals surface area (Å²) in [6.07, 6.45) is 3.72. The van der Waals surface area contributed by atoms with Crippen molar-refractivity contribution < 1.29 is 0 Å². The second kappa shape index (κ2) is 4.47. The van der Waals surface area contributed by atoms with Crippen LogP contribution < -0.4 is 0 Å². The van der Waals surface area contributed by atoms with Gasteiger partial charge in [0.1, 0.15) is 5.52 Å². The lowest BCUT2D eigenvalue weighted by Gasteiger charge is -2.33. The lowest BCUT2D eigenvalue weighted by Crippen LogP contribution is -2.24. The number of hydrogen-bond donors (Lipinski definition) is 1. The number of aromatic nitrogens is 4. The molecule has 3 rings (SSSR count). The van der Waals surface area contributed by atoms with E-state index in [1.165, 1.54) is 19.3 Å². The van der Waals surface area contributed by atoms with Crippen molar-refractivity contribution in [2.45, 2.75) is 46.1 Å². The van der Waals surface area contributed by atoms with Crippen molar-refractivity contribution in [1.82, 2.24) is 19.3 Å². The topological polar surface area (TPSA) is 38.5 Å². The molecule has 0 radical (unpaired) electrons. The summed E-state index contributed by atoms with van der Waals surface area (Å²) >= 11 is 5.54. The molecule has 0 aromatic carbocycles. The molecular formula is C14H22N4S. The van der Waals surface area contributed by atoms with Crippen LogP contribution in [0.2, 0.25) is 0 Å². The van der Waals surface area contributed by atoms with E-state index in [9.17, 15) is 0 Å². The van der Waals surface area contributed by atoms with E-state index >= 15 is 0 Å². The minimum atomic E-state index is 0.516. The third kappa shape index (κ3) is 1.95. The van der Waals surface area contributed by atoms with Crippen LogP contribution in [0.4, 0.5) is 0 Å². The minimum Gasteiger partial charge on any atom is -0.328 e. The number of H-pyrrole nitrogens is 1. The van der Waals surface area contributed by atoms with Gasteiger partial charge in [-0.15, -0.1) is 0 Å². The zero-order valence-electron chi connectivity index (χ0n) is 12.1. The number of aromatic amines is 1. The van der Waals surface area contributed by atoms with Crippen LogP contribution in [0.1, 0.15) is 44.8 Å². The van der Waals surface area contributed by atoms with E-state index in [1.807, 2.05) is 18.7 Å². The van der Waals surface area contributed by atoms with E-state index in [4.69, 9.17) is 12.2 Å². The van der Waals surface area contributed by atoms with Crippen LogP contribution in [0, 0.1) is 23.5 Å². The summed E-state index contributed by atoms with van der Waals surface area (Å²) in [4.78, 5) is 3.33. The monoisotopic (exact) mass is 278 g/mol. The van der Waals surface area contributed by atoms with Crippen LogP contribution in [-0.4, -0.2) is 19.3 Å². The van der Waals surface area contributed by atoms with Crippen molar-refractivity contribution in [2.75, 3.05) is 0 Å². The number of aryl methyl sites for hydroxylation is 2. The Kier molecular flexibility index (Phi) is 3.04. The van der Waals surface area contributed by atoms with Crippen LogP contribution in [0.5, 0.6) is 0 Å². The smallest absolute Gasteiger partial charge is 0.179 e. The fourth-order valence-corrected chi connectivity index (χ4v) is 3.76. The van der Waals surface area contributed by atoms with Gasteiger partial charge in [0.25, 0.3) is 0 Å². The molecule has 1 aliphatic rings. The molecule has 0 amide bonds. The first-order chi connectivity index (χ1) is 8.99. The van der Waals surface area contributed by atoms with Crippen molar-refractivity contribution >= 4 is 23.4 Å². The van der Waals surface area contributed by atoms with E-state index in [1.54, 1.807) is 0 Å². The van der Waals surface area contributed by atoms with E-state index in [-0.39, 0.29) is 0 Å². The molecule has 5 heteroatoms. The molecule has 1 N–H and O–H groups in total. The molecule has 104 valence electrons. The van der Waals surface area contributed by atoms with Gasteiger partial charge in [0, 0.05) is 13.1 Å². The molecule has 3 unspecified atom stereocenters. The van der Waals surface area contributed by atoms with Gasteiger partial charge in [-0.3, -0.25) is 9.25 Å². The summed E-state index contributed by atoms with van der Waals surface area (Å²) in [6, 6.07) is 0.516. The lowest BCUT2D eigenvalue weighted by atomic mass is 9.79. The first-order valence-electron chi connectivity index (χ1n) is 7.12. The Labute approximate surface area is 118 Å². The maximum atomic E-state index is 5.54. The first-order valence-corrected chi connectivity index (χ1v) is 7.53. The van der Waals surface area contributed by atoms with Crippen LogP contribution in [0.25, 0.3) is 11.2 Å². The molecule has 0 saturated heterocycles. The Balaban J connectivity index is 2.10. The van der Waals surface area contributed by atoms with Crippen LogP contribution in [0.15, 0.2) is 0 Å². The zero-order valence-corrected chi connectivity index (χ0v) is 12.9. The van der Waals surface area contributed by atoms with Crippen LogP contribution in [0.3, 0.4) is 0 Å². The maximum Gasteiger partial charge on any atom is 0.179 e. The van der Waals surface area contributed by atoms with E-state index in [2.05, 4.69) is 28.5 Å². The van der Waals surface area contributed by atoms with Crippen molar-refractivity contribution in [3.05, 3.63) is 10.5 Å². The van der Waals surface area contributed by atoms with Gasteiger partial charge in [-0.05, 0) is 50.2 Å². The van der Waals surface area contributed by atoms with Crippen molar-refractivity contribution in [3.8, 4) is 0 Å². The quantitative estimate of drug-likeness (QED) is 0.807. The molecule has 2 aromatic heterocycles. The second-order valence-electron chi connectivity index (χ2n) is 6.13. The molecule has 19 heavy (non-hydrogen) atoms. The number of imidazole rings is 1. The van der Waals surface area contributed by atoms with Gasteiger partial charge in [0.05, 0.1) is 5.69 Å². The largest absolute Gasteiger partial charge is 0.328 e. The van der Waals surface area contributed by atoms with E-state index < -0.39 is 0 Å². The Morgan fingerprint density at radius 2 is 2.00 bits per heavy atom. The van der Waals surface area contributed by atoms with Crippen molar-refractivity contribution in [3.63, 3.8) is 0 Å². The van der Waals surface area contributed by atoms with E-state index in [0.29, 0.717) is 6.04 Å². The third-order valence-electron chi connectivity index (χ3n) is 4.81. The number of nitrogens with one attached hydrogen (secondary N) is 1. The summed E-state index contributed by atoms with van der Waals surface area (Å²) in [5.74, 6) is 1.59. The Morgan fingerprint density at radius 3 is 2.68 bits per heavy atom. The third-order valence-corrected chi connectivity index (χ3v) is 5.11. The predicted octanol–water partition coefficient (Wildman–Crippen LogP) is 3.74. The Bertz CT molecular complexity index is 663. The Morgan fingerprint density at radius 1 is 1.26 bits per heavy atom. The maximum absolute atomic E-state index is 5.54. The number of rotatable bonds is 1. The summed E-state index contributed by atoms with van der Waals surface area (Å²) < 4.78 is 5.10. The summed E-state index contributed by atoms with van der Waals surface area (Å²) in [6.45, 7) is 6.75. The van der Waals surface area contributed by atoms with Gasteiger partial charge in [-0.1, -0.05) is 13.8 Å². The van der Waals surface area contributed by atoms with Gasteiger partial charge in [0.2, 0.25) is 0 Å². The molecule has 1 aliphatic carbocycles. The number of fused-ring (bicyclic) bond motifs is 1. The van der Waals surface area contributed by atoms with Crippen molar-refractivity contribution in [1.29, 1.82) is 0 Å². The highest BCUT2D eigenvalue weighted by Gasteiger charge is 2.28. The van der Waals surface area contributed by atoms with E-state index in [0.717, 1.165) is 33.5 Å². The van der Waals surface area contributed by atoms with Gasteiger partial charge in [-0.2, -0.15) is 5.10 Å². The van der Waals surface area contributed by atoms with Gasteiger partial charge in [-0.25, -0.2) is 0 Å². The highest BCUT2D eigenvalue weighted by atomic mass is 32.1. The molecular weight excluding hydrogens is 256 g/mol. The van der Waals surface area contributed by atoms with Gasteiger partial charge < -0.3 is 4.98 Å². The zero-order chi connectivity index (χ0) is 13.7. The molecule has 2 heterocycles. The number of nitrogens with zero attached hydrogens (tertiary/aromatic N) is 3. The molecule has 4 nitrogen and oxygen atoms in total. The van der Waals surface area contributed by atoms with Crippen LogP contribution >= 0.6 is 12.2 Å². The fraction of sp³-hybridized carbons (Fsp3) is 0.714. The number of hydrogen-bond acceptors (Lipinski definition) is 2. The molecule has 0 bridgehead atoms. The van der Waals surface area contributed by atoms with Crippen molar-refractivity contribution in [2.24, 2.45) is 18.9 Å². The minimum absolute atomic E-state index is 0.516. The lowest BCUT2D eigenvalue weighted by molar-refractivity contribution is 0.211. The molecule has 0 spiro atoms. The molecule has 1 saturated carbocycles. The molecule has 3 atom stereocenters. The average Bonchev–Trinajstić information content (AvgIpc) is 2.82. The second-order valence-corrected chi connectivity index (χ2v) is 6.52. The fourth-order valence-electron chi connectivity index (χ4n) is 3.42. The predicted molar refractivity (Wildman–Crippen MR) is 79.8 cm³/mol. The summed E-state index contributed by atoms with van der Waals surface area (Å²) in [5, 5.41) is 4.50. The van der Waals surface area contributed by atoms with Gasteiger partial charge in [0.15, 0.2) is 10.4 Å². The highest BCUT2D eigenvalue weighted by Crippen LogP contribution is 2.37. The SMILES string of the molecule is Cc1nn(C)c2c1[nH]c(=S)n2C1CCC(C)C(C)C1. The first kappa shape index (κ1) is 12.9. The summed E-state index contributed by atoms with van der Waals surface area (Å²) in [7, 11) is 2.00. The normalized spacial score (nSPS) is 28.1. The molecule has 0 aliphatic heterocycles. The van der Waals surface area contributed by atoms with Gasteiger partial charge >= 0.3 is 0 Å². The van der Waals surface area contributed by atoms with Crippen LogP contribution in [-0.2, 0) is 7.05 Å². The highest BCUT2D eigenvalue weighted by molar-refractivity contribution is 7.71. The molecule has 1 fully saturated rings. The Hall–Kier alpha value is -1.10. The molecule has 2 aromatic rings. The standard InChI is InChI=1S/C14H22N4S/c1-8-5-6-11(7-9(8)2)18-13-12(15-14(18)19)10(3)16-17(13)4/h8-9,11H,5-7H2,1-4H3,(H,15,19).